The van der Waals surface area contributed by atoms with Crippen molar-refractivity contribution >= 4 is 43.8 Å². The van der Waals surface area contributed by atoms with Crippen molar-refractivity contribution in [2.75, 3.05) is 12.8 Å². The SMILES string of the molecule is COc1ccc(-c2cc(-c3ccccc3)nc3sc(C(=O)c4ccc5ccccc5c4)c(N)c23)cc1. The molecule has 6 aromatic rings. The van der Waals surface area contributed by atoms with Gasteiger partial charge in [0.05, 0.1) is 18.5 Å². The molecule has 6 rings (SSSR count). The molecule has 0 bridgehead atoms. The Labute approximate surface area is 212 Å². The third-order valence-electron chi connectivity index (χ3n) is 6.39. The molecular weight excluding hydrogens is 464 g/mol. The van der Waals surface area contributed by atoms with Crippen molar-refractivity contribution in [2.45, 2.75) is 0 Å². The molecule has 0 saturated carbocycles. The number of carbonyl (C=O) groups is 1. The Morgan fingerprint density at radius 2 is 1.53 bits per heavy atom. The number of anilines is 1. The van der Waals surface area contributed by atoms with Crippen LogP contribution in [0.3, 0.4) is 0 Å². The number of fused-ring (bicyclic) bond motifs is 2. The lowest BCUT2D eigenvalue weighted by Gasteiger charge is -2.10. The second kappa shape index (κ2) is 8.95. The standard InChI is InChI=1S/C31H22N2O2S/c1-35-24-15-13-20(14-16-24)25-18-26(21-8-3-2-4-9-21)33-31-27(25)28(32)30(36-31)29(34)23-12-11-19-7-5-6-10-22(19)17-23/h2-18H,32H2,1H3. The summed E-state index contributed by atoms with van der Waals surface area (Å²) in [6.07, 6.45) is 0. The summed E-state index contributed by atoms with van der Waals surface area (Å²) in [6.45, 7) is 0. The number of benzene rings is 4. The van der Waals surface area contributed by atoms with Gasteiger partial charge in [-0.3, -0.25) is 4.79 Å². The average molecular weight is 487 g/mol. The maximum absolute atomic E-state index is 13.7. The van der Waals surface area contributed by atoms with E-state index >= 15 is 0 Å². The van der Waals surface area contributed by atoms with Gasteiger partial charge in [-0.2, -0.15) is 0 Å². The van der Waals surface area contributed by atoms with Crippen LogP contribution in [0.4, 0.5) is 5.69 Å². The number of nitrogen functional groups attached to an aromatic ring is 1. The van der Waals surface area contributed by atoms with Gasteiger partial charge in [-0.15, -0.1) is 11.3 Å². The fraction of sp³-hybridized carbons (Fsp3) is 0.0323. The molecule has 2 N–H and O–H groups in total. The van der Waals surface area contributed by atoms with Gasteiger partial charge in [-0.25, -0.2) is 4.98 Å². The van der Waals surface area contributed by atoms with Crippen LogP contribution in [-0.4, -0.2) is 17.9 Å². The monoisotopic (exact) mass is 486 g/mol. The van der Waals surface area contributed by atoms with Gasteiger partial charge in [0, 0.05) is 16.5 Å². The number of nitrogens with two attached hydrogens (primary N) is 1. The number of methoxy groups -OCH3 is 1. The molecule has 2 aromatic heterocycles. The lowest BCUT2D eigenvalue weighted by molar-refractivity contribution is 0.104. The Morgan fingerprint density at radius 1 is 0.806 bits per heavy atom. The molecule has 0 atom stereocenters. The molecule has 0 aliphatic heterocycles. The van der Waals surface area contributed by atoms with Crippen molar-refractivity contribution in [1.29, 1.82) is 0 Å². The molecule has 0 aliphatic carbocycles. The minimum absolute atomic E-state index is 0.0943. The second-order valence-corrected chi connectivity index (χ2v) is 9.56. The highest BCUT2D eigenvalue weighted by Crippen LogP contribution is 2.42. The molecule has 0 unspecified atom stereocenters. The van der Waals surface area contributed by atoms with Crippen LogP contribution in [0.25, 0.3) is 43.4 Å². The Hall–Kier alpha value is -4.48. The average Bonchev–Trinajstić information content (AvgIpc) is 3.28. The summed E-state index contributed by atoms with van der Waals surface area (Å²) in [5, 5.41) is 2.91. The van der Waals surface area contributed by atoms with E-state index in [1.165, 1.54) is 11.3 Å². The van der Waals surface area contributed by atoms with Gasteiger partial charge in [0.1, 0.15) is 15.5 Å². The summed E-state index contributed by atoms with van der Waals surface area (Å²) in [5.74, 6) is 0.681. The molecule has 0 saturated heterocycles. The van der Waals surface area contributed by atoms with Crippen molar-refractivity contribution in [3.05, 3.63) is 114 Å². The maximum Gasteiger partial charge on any atom is 0.205 e. The first-order valence-corrected chi connectivity index (χ1v) is 12.4. The van der Waals surface area contributed by atoms with Crippen molar-refractivity contribution in [1.82, 2.24) is 4.98 Å². The fourth-order valence-corrected chi connectivity index (χ4v) is 5.59. The predicted octanol–water partition coefficient (Wildman–Crippen LogP) is 7.61. The summed E-state index contributed by atoms with van der Waals surface area (Å²) < 4.78 is 5.34. The number of hydrogen-bond donors (Lipinski definition) is 1. The van der Waals surface area contributed by atoms with Crippen molar-refractivity contribution < 1.29 is 9.53 Å². The molecule has 0 spiro atoms. The van der Waals surface area contributed by atoms with Gasteiger partial charge in [0.15, 0.2) is 0 Å². The minimum atomic E-state index is -0.0943. The number of nitrogens with zero attached hydrogens (tertiary/aromatic N) is 1. The summed E-state index contributed by atoms with van der Waals surface area (Å²) >= 11 is 1.35. The van der Waals surface area contributed by atoms with E-state index < -0.39 is 0 Å². The largest absolute Gasteiger partial charge is 0.497 e. The summed E-state index contributed by atoms with van der Waals surface area (Å²) in [4.78, 5) is 19.8. The number of rotatable bonds is 5. The highest BCUT2D eigenvalue weighted by Gasteiger charge is 2.23. The van der Waals surface area contributed by atoms with E-state index in [9.17, 15) is 4.79 Å². The predicted molar refractivity (Wildman–Crippen MR) is 149 cm³/mol. The molecule has 4 nitrogen and oxygen atoms in total. The first-order valence-electron chi connectivity index (χ1n) is 11.6. The number of ketones is 1. The number of pyridine rings is 1. The van der Waals surface area contributed by atoms with E-state index in [1.54, 1.807) is 7.11 Å². The van der Waals surface area contributed by atoms with E-state index in [0.29, 0.717) is 16.1 Å². The lowest BCUT2D eigenvalue weighted by Crippen LogP contribution is -2.02. The molecule has 5 heteroatoms. The van der Waals surface area contributed by atoms with Crippen LogP contribution in [0.2, 0.25) is 0 Å². The highest BCUT2D eigenvalue weighted by atomic mass is 32.1. The van der Waals surface area contributed by atoms with Crippen LogP contribution in [0.1, 0.15) is 15.2 Å². The van der Waals surface area contributed by atoms with Crippen molar-refractivity contribution in [3.8, 4) is 28.1 Å². The third-order valence-corrected chi connectivity index (χ3v) is 7.49. The Balaban J connectivity index is 1.55. The fourth-order valence-electron chi connectivity index (χ4n) is 4.51. The molecule has 0 fully saturated rings. The maximum atomic E-state index is 13.7. The van der Waals surface area contributed by atoms with E-state index in [-0.39, 0.29) is 5.78 Å². The first-order chi connectivity index (χ1) is 17.6. The van der Waals surface area contributed by atoms with Gasteiger partial charge in [-0.05, 0) is 46.2 Å². The zero-order valence-electron chi connectivity index (χ0n) is 19.6. The molecule has 0 radical (unpaired) electrons. The smallest absolute Gasteiger partial charge is 0.205 e. The zero-order chi connectivity index (χ0) is 24.6. The van der Waals surface area contributed by atoms with Crippen LogP contribution in [0.15, 0.2) is 103 Å². The molecule has 174 valence electrons. The highest BCUT2D eigenvalue weighted by molar-refractivity contribution is 7.21. The topological polar surface area (TPSA) is 65.2 Å². The molecule has 36 heavy (non-hydrogen) atoms. The molecule has 0 amide bonds. The van der Waals surface area contributed by atoms with Gasteiger partial charge >= 0.3 is 0 Å². The van der Waals surface area contributed by atoms with Gasteiger partial charge in [-0.1, -0.05) is 78.9 Å². The normalized spacial score (nSPS) is 11.1. The van der Waals surface area contributed by atoms with E-state index in [2.05, 4.69) is 0 Å². The molecule has 4 aromatic carbocycles. The van der Waals surface area contributed by atoms with Crippen LogP contribution >= 0.6 is 11.3 Å². The van der Waals surface area contributed by atoms with Crippen LogP contribution in [-0.2, 0) is 0 Å². The van der Waals surface area contributed by atoms with Crippen LogP contribution < -0.4 is 10.5 Å². The molecule has 0 aliphatic rings. The number of carbonyl (C=O) groups excluding carboxylic acids is 1. The van der Waals surface area contributed by atoms with E-state index in [1.807, 2.05) is 103 Å². The number of hydrogen-bond acceptors (Lipinski definition) is 5. The Kier molecular flexibility index (Phi) is 5.47. The van der Waals surface area contributed by atoms with Gasteiger partial charge in [0.2, 0.25) is 5.78 Å². The quantitative estimate of drug-likeness (QED) is 0.255. The minimum Gasteiger partial charge on any atom is -0.497 e. The summed E-state index contributed by atoms with van der Waals surface area (Å²) in [5.41, 5.74) is 11.5. The third kappa shape index (κ3) is 3.80. The van der Waals surface area contributed by atoms with Crippen molar-refractivity contribution in [3.63, 3.8) is 0 Å². The van der Waals surface area contributed by atoms with Gasteiger partial charge in [0.25, 0.3) is 0 Å². The summed E-state index contributed by atoms with van der Waals surface area (Å²) in [6, 6.07) is 33.7. The summed E-state index contributed by atoms with van der Waals surface area (Å²) in [7, 11) is 1.65. The zero-order valence-corrected chi connectivity index (χ0v) is 20.4. The Bertz CT molecular complexity index is 1740. The Morgan fingerprint density at radius 3 is 2.28 bits per heavy atom. The number of ether oxygens (including phenoxy) is 1. The first kappa shape index (κ1) is 22.0. The van der Waals surface area contributed by atoms with Gasteiger partial charge < -0.3 is 10.5 Å². The van der Waals surface area contributed by atoms with Crippen molar-refractivity contribution in [2.24, 2.45) is 0 Å². The lowest BCUT2D eigenvalue weighted by atomic mass is 9.98. The molecule has 2 heterocycles. The van der Waals surface area contributed by atoms with E-state index in [4.69, 9.17) is 15.5 Å². The number of aromatic nitrogens is 1. The number of thiophene rings is 1. The van der Waals surface area contributed by atoms with Crippen LogP contribution in [0, 0.1) is 0 Å². The van der Waals surface area contributed by atoms with Crippen LogP contribution in [0.5, 0.6) is 5.75 Å². The second-order valence-electron chi connectivity index (χ2n) is 8.57. The van der Waals surface area contributed by atoms with E-state index in [0.717, 1.165) is 49.1 Å². The molecular formula is C31H22N2O2S.